The largest absolute Gasteiger partial charge is 0.382 e. The standard InChI is InChI=1S/C10H15N7O2S2/c1-15(2)21(18,19)8-9(11)14-20-10(8)16-3-4-17-6-12-13-7(17)5-16/h6H,3-5H2,1-2H3,(H2,11,14). The summed E-state index contributed by atoms with van der Waals surface area (Å²) in [5.41, 5.74) is 5.78. The minimum absolute atomic E-state index is 0.0377. The number of nitrogens with two attached hydrogens (primary N) is 1. The van der Waals surface area contributed by atoms with Gasteiger partial charge in [-0.2, -0.15) is 4.37 Å². The summed E-state index contributed by atoms with van der Waals surface area (Å²) in [5, 5.41) is 8.44. The molecule has 0 saturated carbocycles. The lowest BCUT2D eigenvalue weighted by molar-refractivity contribution is 0.519. The maximum Gasteiger partial charge on any atom is 0.249 e. The first-order chi connectivity index (χ1) is 9.91. The molecule has 21 heavy (non-hydrogen) atoms. The highest BCUT2D eigenvalue weighted by molar-refractivity contribution is 7.89. The van der Waals surface area contributed by atoms with Gasteiger partial charge in [0.15, 0.2) is 16.5 Å². The maximum absolute atomic E-state index is 12.4. The van der Waals surface area contributed by atoms with E-state index >= 15 is 0 Å². The van der Waals surface area contributed by atoms with Gasteiger partial charge in [-0.25, -0.2) is 12.7 Å². The summed E-state index contributed by atoms with van der Waals surface area (Å²) >= 11 is 1.09. The molecule has 0 unspecified atom stereocenters. The Morgan fingerprint density at radius 3 is 2.86 bits per heavy atom. The lowest BCUT2D eigenvalue weighted by atomic mass is 10.3. The van der Waals surface area contributed by atoms with Gasteiger partial charge in [0.2, 0.25) is 10.0 Å². The summed E-state index contributed by atoms with van der Waals surface area (Å²) in [4.78, 5) is 2.00. The van der Waals surface area contributed by atoms with Crippen LogP contribution in [0.15, 0.2) is 11.2 Å². The Morgan fingerprint density at radius 2 is 2.14 bits per heavy atom. The van der Waals surface area contributed by atoms with Gasteiger partial charge < -0.3 is 15.2 Å². The molecular formula is C10H15N7O2S2. The molecule has 0 fully saturated rings. The van der Waals surface area contributed by atoms with Crippen LogP contribution in [0.3, 0.4) is 0 Å². The number of anilines is 2. The van der Waals surface area contributed by atoms with Gasteiger partial charge in [-0.1, -0.05) is 0 Å². The van der Waals surface area contributed by atoms with E-state index < -0.39 is 10.0 Å². The first-order valence-electron chi connectivity index (χ1n) is 6.20. The van der Waals surface area contributed by atoms with Crippen molar-refractivity contribution in [3.63, 3.8) is 0 Å². The number of fused-ring (bicyclic) bond motifs is 1. The van der Waals surface area contributed by atoms with Crippen molar-refractivity contribution in [2.45, 2.75) is 18.0 Å². The molecule has 2 N–H and O–H groups in total. The maximum atomic E-state index is 12.4. The van der Waals surface area contributed by atoms with Crippen LogP contribution in [0.1, 0.15) is 5.82 Å². The zero-order chi connectivity index (χ0) is 15.2. The van der Waals surface area contributed by atoms with Crippen molar-refractivity contribution in [1.29, 1.82) is 0 Å². The molecule has 0 aromatic carbocycles. The monoisotopic (exact) mass is 329 g/mol. The molecule has 114 valence electrons. The van der Waals surface area contributed by atoms with Crippen molar-refractivity contribution in [1.82, 2.24) is 23.4 Å². The van der Waals surface area contributed by atoms with E-state index in [0.29, 0.717) is 24.6 Å². The third-order valence-electron chi connectivity index (χ3n) is 3.32. The van der Waals surface area contributed by atoms with E-state index in [1.165, 1.54) is 14.1 Å². The van der Waals surface area contributed by atoms with E-state index in [4.69, 9.17) is 5.73 Å². The highest BCUT2D eigenvalue weighted by Crippen LogP contribution is 2.37. The van der Waals surface area contributed by atoms with Crippen LogP contribution in [-0.2, 0) is 23.1 Å². The molecule has 0 aliphatic carbocycles. The molecule has 0 spiro atoms. The zero-order valence-electron chi connectivity index (χ0n) is 11.6. The molecule has 1 aliphatic heterocycles. The second-order valence-electron chi connectivity index (χ2n) is 4.85. The van der Waals surface area contributed by atoms with Gasteiger partial charge in [-0.15, -0.1) is 10.2 Å². The fraction of sp³-hybridized carbons (Fsp3) is 0.500. The van der Waals surface area contributed by atoms with Gasteiger partial charge in [0, 0.05) is 27.2 Å². The summed E-state index contributed by atoms with van der Waals surface area (Å²) in [6.07, 6.45) is 1.67. The summed E-state index contributed by atoms with van der Waals surface area (Å²) < 4.78 is 32.0. The van der Waals surface area contributed by atoms with Crippen molar-refractivity contribution in [2.75, 3.05) is 31.3 Å². The van der Waals surface area contributed by atoms with Crippen LogP contribution >= 0.6 is 11.5 Å². The van der Waals surface area contributed by atoms with Crippen LogP contribution < -0.4 is 10.6 Å². The van der Waals surface area contributed by atoms with E-state index in [9.17, 15) is 8.42 Å². The minimum atomic E-state index is -3.64. The Balaban J connectivity index is 2.02. The van der Waals surface area contributed by atoms with Gasteiger partial charge in [0.25, 0.3) is 0 Å². The predicted octanol–water partition coefficient (Wildman–Crippen LogP) is -0.413. The number of nitrogen functional groups attached to an aromatic ring is 1. The number of hydrogen-bond donors (Lipinski definition) is 1. The average Bonchev–Trinajstić information content (AvgIpc) is 3.03. The molecule has 0 amide bonds. The second-order valence-corrected chi connectivity index (χ2v) is 7.69. The van der Waals surface area contributed by atoms with Crippen LogP contribution in [0, 0.1) is 0 Å². The Bertz CT molecular complexity index is 764. The van der Waals surface area contributed by atoms with Gasteiger partial charge >= 0.3 is 0 Å². The fourth-order valence-corrected chi connectivity index (χ4v) is 4.40. The molecule has 11 heteroatoms. The van der Waals surface area contributed by atoms with Crippen LogP contribution in [0.25, 0.3) is 0 Å². The molecule has 3 heterocycles. The Morgan fingerprint density at radius 1 is 1.38 bits per heavy atom. The Kier molecular flexibility index (Phi) is 3.34. The molecule has 0 radical (unpaired) electrons. The van der Waals surface area contributed by atoms with E-state index in [0.717, 1.165) is 21.7 Å². The van der Waals surface area contributed by atoms with E-state index in [2.05, 4.69) is 14.6 Å². The van der Waals surface area contributed by atoms with Gasteiger partial charge in [0.05, 0.1) is 6.54 Å². The smallest absolute Gasteiger partial charge is 0.249 e. The first-order valence-corrected chi connectivity index (χ1v) is 8.42. The lowest BCUT2D eigenvalue weighted by Crippen LogP contribution is -2.34. The molecule has 9 nitrogen and oxygen atoms in total. The summed E-state index contributed by atoms with van der Waals surface area (Å²) in [5.74, 6) is 0.831. The molecule has 1 aliphatic rings. The molecule has 0 atom stereocenters. The van der Waals surface area contributed by atoms with Crippen LogP contribution in [0.4, 0.5) is 10.8 Å². The van der Waals surface area contributed by atoms with E-state index in [-0.39, 0.29) is 10.7 Å². The minimum Gasteiger partial charge on any atom is -0.382 e. The quantitative estimate of drug-likeness (QED) is 0.814. The lowest BCUT2D eigenvalue weighted by Gasteiger charge is -2.28. The van der Waals surface area contributed by atoms with Gasteiger partial charge in [-0.05, 0) is 11.5 Å². The number of hydrogen-bond acceptors (Lipinski definition) is 8. The van der Waals surface area contributed by atoms with E-state index in [1.807, 2.05) is 9.47 Å². The summed E-state index contributed by atoms with van der Waals surface area (Å²) in [7, 11) is -0.686. The van der Waals surface area contributed by atoms with Crippen molar-refractivity contribution in [2.24, 2.45) is 0 Å². The highest BCUT2D eigenvalue weighted by atomic mass is 32.2. The Labute approximate surface area is 126 Å². The van der Waals surface area contributed by atoms with Crippen molar-refractivity contribution < 1.29 is 8.42 Å². The third-order valence-corrected chi connectivity index (χ3v) is 6.25. The second kappa shape index (κ2) is 4.93. The topological polar surface area (TPSA) is 110 Å². The van der Waals surface area contributed by atoms with Crippen LogP contribution in [0.2, 0.25) is 0 Å². The molecule has 3 rings (SSSR count). The zero-order valence-corrected chi connectivity index (χ0v) is 13.2. The van der Waals surface area contributed by atoms with Crippen LogP contribution in [0.5, 0.6) is 0 Å². The van der Waals surface area contributed by atoms with E-state index in [1.54, 1.807) is 6.33 Å². The normalized spacial score (nSPS) is 15.5. The summed E-state index contributed by atoms with van der Waals surface area (Å²) in [6, 6.07) is 0. The van der Waals surface area contributed by atoms with Gasteiger partial charge in [0.1, 0.15) is 11.3 Å². The average molecular weight is 329 g/mol. The third kappa shape index (κ3) is 2.26. The Hall–Kier alpha value is -1.72. The van der Waals surface area contributed by atoms with Crippen molar-refractivity contribution in [3.8, 4) is 0 Å². The number of nitrogens with zero attached hydrogens (tertiary/aromatic N) is 6. The highest BCUT2D eigenvalue weighted by Gasteiger charge is 2.31. The first kappa shape index (κ1) is 14.2. The SMILES string of the molecule is CN(C)S(=O)(=O)c1c(N)nsc1N1CCn2cnnc2C1. The predicted molar refractivity (Wildman–Crippen MR) is 78.5 cm³/mol. The van der Waals surface area contributed by atoms with Crippen molar-refractivity contribution in [3.05, 3.63) is 12.2 Å². The fourth-order valence-electron chi connectivity index (χ4n) is 2.15. The van der Waals surface area contributed by atoms with Crippen molar-refractivity contribution >= 4 is 32.4 Å². The molecular weight excluding hydrogens is 314 g/mol. The van der Waals surface area contributed by atoms with Gasteiger partial charge in [-0.3, -0.25) is 0 Å². The molecule has 0 saturated heterocycles. The number of aromatic nitrogens is 4. The molecule has 0 bridgehead atoms. The number of rotatable bonds is 3. The summed E-state index contributed by atoms with van der Waals surface area (Å²) in [6.45, 7) is 1.84. The molecule has 2 aromatic rings. The van der Waals surface area contributed by atoms with Crippen LogP contribution in [-0.4, -0.2) is 52.5 Å². The molecule has 2 aromatic heterocycles. The number of sulfonamides is 1.